The van der Waals surface area contributed by atoms with Gasteiger partial charge in [0.2, 0.25) is 0 Å². The molecule has 2 nitrogen and oxygen atoms in total. The molecule has 1 fully saturated rings. The average molecular weight is 283 g/mol. The topological polar surface area (TPSA) is 33.1 Å². The molecule has 0 aliphatic heterocycles. The lowest BCUT2D eigenvalue weighted by Crippen LogP contribution is -2.44. The predicted octanol–water partition coefficient (Wildman–Crippen LogP) is 4.66. The zero-order valence-electron chi connectivity index (χ0n) is 13.5. The molecule has 3 rings (SSSR count). The van der Waals surface area contributed by atoms with Crippen molar-refractivity contribution in [2.45, 2.75) is 52.6 Å². The van der Waals surface area contributed by atoms with E-state index in [2.05, 4.69) is 44.8 Å². The monoisotopic (exact) mass is 283 g/mol. The van der Waals surface area contributed by atoms with E-state index < -0.39 is 5.60 Å². The maximum Gasteiger partial charge on any atom is 0.0913 e. The van der Waals surface area contributed by atoms with E-state index in [0.29, 0.717) is 0 Å². The van der Waals surface area contributed by atoms with Gasteiger partial charge in [-0.1, -0.05) is 45.9 Å². The van der Waals surface area contributed by atoms with Gasteiger partial charge < -0.3 is 5.11 Å². The molecule has 112 valence electrons. The Kier molecular flexibility index (Phi) is 3.14. The van der Waals surface area contributed by atoms with Crippen LogP contribution in [0.5, 0.6) is 0 Å². The molecule has 1 aromatic carbocycles. The number of nitrogens with zero attached hydrogens (tertiary/aromatic N) is 1. The van der Waals surface area contributed by atoms with Gasteiger partial charge in [-0.05, 0) is 47.1 Å². The van der Waals surface area contributed by atoms with Gasteiger partial charge in [-0.3, -0.25) is 4.98 Å². The summed E-state index contributed by atoms with van der Waals surface area (Å²) in [7, 11) is 0. The van der Waals surface area contributed by atoms with Gasteiger partial charge in [0.05, 0.1) is 5.60 Å². The molecular formula is C19H25NO. The third-order valence-corrected chi connectivity index (χ3v) is 4.68. The first kappa shape index (κ1) is 14.5. The highest BCUT2D eigenvalue weighted by atomic mass is 16.3. The minimum atomic E-state index is -0.770. The van der Waals surface area contributed by atoms with Crippen molar-refractivity contribution < 1.29 is 5.11 Å². The number of hydrogen-bond donors (Lipinski definition) is 1. The van der Waals surface area contributed by atoms with Crippen LogP contribution in [-0.2, 0) is 5.60 Å². The quantitative estimate of drug-likeness (QED) is 0.825. The molecule has 2 heteroatoms. The van der Waals surface area contributed by atoms with Gasteiger partial charge >= 0.3 is 0 Å². The van der Waals surface area contributed by atoms with Gasteiger partial charge in [0.15, 0.2) is 0 Å². The number of fused-ring (bicyclic) bond motifs is 1. The Labute approximate surface area is 127 Å². The molecule has 0 saturated heterocycles. The SMILES string of the molecule is CC1(C)CC(C)(C)CC(O)(c2cccc3ccncc23)C1. The first-order valence-corrected chi connectivity index (χ1v) is 7.77. The number of benzene rings is 1. The molecule has 1 N–H and O–H groups in total. The number of pyridine rings is 1. The maximum atomic E-state index is 11.5. The zero-order chi connectivity index (χ0) is 15.3. The summed E-state index contributed by atoms with van der Waals surface area (Å²) >= 11 is 0. The van der Waals surface area contributed by atoms with E-state index in [1.807, 2.05) is 24.5 Å². The molecular weight excluding hydrogens is 258 g/mol. The highest BCUT2D eigenvalue weighted by Crippen LogP contribution is 2.54. The smallest absolute Gasteiger partial charge is 0.0913 e. The fourth-order valence-electron chi connectivity index (χ4n) is 4.78. The second-order valence-corrected chi connectivity index (χ2v) is 8.29. The summed E-state index contributed by atoms with van der Waals surface area (Å²) in [5, 5.41) is 13.7. The molecule has 0 bridgehead atoms. The first-order chi connectivity index (χ1) is 9.71. The lowest BCUT2D eigenvalue weighted by molar-refractivity contribution is -0.0903. The number of aliphatic hydroxyl groups is 1. The van der Waals surface area contributed by atoms with E-state index in [1.54, 1.807) is 0 Å². The summed E-state index contributed by atoms with van der Waals surface area (Å²) < 4.78 is 0. The van der Waals surface area contributed by atoms with Gasteiger partial charge in [0.25, 0.3) is 0 Å². The Bertz CT molecular complexity index is 651. The van der Waals surface area contributed by atoms with Crippen molar-refractivity contribution in [2.75, 3.05) is 0 Å². The van der Waals surface area contributed by atoms with Crippen molar-refractivity contribution >= 4 is 10.8 Å². The fraction of sp³-hybridized carbons (Fsp3) is 0.526. The lowest BCUT2D eigenvalue weighted by atomic mass is 9.58. The Morgan fingerprint density at radius 2 is 1.62 bits per heavy atom. The Morgan fingerprint density at radius 1 is 0.952 bits per heavy atom. The number of rotatable bonds is 1. The Balaban J connectivity index is 2.16. The molecule has 1 aromatic heterocycles. The third-order valence-electron chi connectivity index (χ3n) is 4.68. The second-order valence-electron chi connectivity index (χ2n) is 8.29. The maximum absolute atomic E-state index is 11.5. The molecule has 0 spiro atoms. The van der Waals surface area contributed by atoms with Gasteiger partial charge in [-0.2, -0.15) is 0 Å². The van der Waals surface area contributed by atoms with Crippen LogP contribution in [0.3, 0.4) is 0 Å². The van der Waals surface area contributed by atoms with Crippen LogP contribution in [0.1, 0.15) is 52.5 Å². The summed E-state index contributed by atoms with van der Waals surface area (Å²) in [6, 6.07) is 8.22. The largest absolute Gasteiger partial charge is 0.385 e. The first-order valence-electron chi connectivity index (χ1n) is 7.77. The summed E-state index contributed by atoms with van der Waals surface area (Å²) in [5.41, 5.74) is 0.546. The van der Waals surface area contributed by atoms with Crippen LogP contribution in [0.2, 0.25) is 0 Å². The molecule has 2 aromatic rings. The molecule has 0 amide bonds. The van der Waals surface area contributed by atoms with Crippen molar-refractivity contribution in [2.24, 2.45) is 10.8 Å². The van der Waals surface area contributed by atoms with E-state index in [9.17, 15) is 5.11 Å². The molecule has 0 atom stereocenters. The minimum absolute atomic E-state index is 0.140. The average Bonchev–Trinajstić information content (AvgIpc) is 2.33. The van der Waals surface area contributed by atoms with Crippen LogP contribution in [0.15, 0.2) is 36.7 Å². The predicted molar refractivity (Wildman–Crippen MR) is 87.1 cm³/mol. The van der Waals surface area contributed by atoms with E-state index in [0.717, 1.165) is 35.6 Å². The highest BCUT2D eigenvalue weighted by molar-refractivity contribution is 5.85. The fourth-order valence-corrected chi connectivity index (χ4v) is 4.78. The standard InChI is InChI=1S/C19H25NO/c1-17(2)11-18(3,4)13-19(21,12-17)16-7-5-6-14-8-9-20-10-15(14)16/h5-10,21H,11-13H2,1-4H3. The van der Waals surface area contributed by atoms with Gasteiger partial charge in [-0.25, -0.2) is 0 Å². The third kappa shape index (κ3) is 2.69. The van der Waals surface area contributed by atoms with Gasteiger partial charge in [0, 0.05) is 17.8 Å². The Morgan fingerprint density at radius 3 is 2.29 bits per heavy atom. The molecule has 1 heterocycles. The van der Waals surface area contributed by atoms with Crippen LogP contribution < -0.4 is 0 Å². The van der Waals surface area contributed by atoms with Crippen molar-refractivity contribution in [3.8, 4) is 0 Å². The zero-order valence-corrected chi connectivity index (χ0v) is 13.5. The molecule has 1 aliphatic rings. The lowest BCUT2D eigenvalue weighted by Gasteiger charge is -2.50. The minimum Gasteiger partial charge on any atom is -0.385 e. The van der Waals surface area contributed by atoms with Crippen molar-refractivity contribution in [1.82, 2.24) is 4.98 Å². The van der Waals surface area contributed by atoms with Crippen LogP contribution in [-0.4, -0.2) is 10.1 Å². The molecule has 1 saturated carbocycles. The molecule has 21 heavy (non-hydrogen) atoms. The van der Waals surface area contributed by atoms with E-state index >= 15 is 0 Å². The van der Waals surface area contributed by atoms with Crippen LogP contribution >= 0.6 is 0 Å². The van der Waals surface area contributed by atoms with Crippen LogP contribution in [0.25, 0.3) is 10.8 Å². The summed E-state index contributed by atoms with van der Waals surface area (Å²) in [6.07, 6.45) is 6.45. The van der Waals surface area contributed by atoms with E-state index in [1.165, 1.54) is 0 Å². The van der Waals surface area contributed by atoms with Crippen molar-refractivity contribution in [1.29, 1.82) is 0 Å². The highest BCUT2D eigenvalue weighted by Gasteiger charge is 2.47. The number of hydrogen-bond acceptors (Lipinski definition) is 2. The molecule has 0 unspecified atom stereocenters. The molecule has 1 aliphatic carbocycles. The summed E-state index contributed by atoms with van der Waals surface area (Å²) in [5.74, 6) is 0. The van der Waals surface area contributed by atoms with Crippen molar-refractivity contribution in [3.63, 3.8) is 0 Å². The van der Waals surface area contributed by atoms with E-state index in [4.69, 9.17) is 0 Å². The van der Waals surface area contributed by atoms with E-state index in [-0.39, 0.29) is 10.8 Å². The summed E-state index contributed by atoms with van der Waals surface area (Å²) in [4.78, 5) is 4.26. The number of aromatic nitrogens is 1. The van der Waals surface area contributed by atoms with Crippen molar-refractivity contribution in [3.05, 3.63) is 42.2 Å². The van der Waals surface area contributed by atoms with Crippen LogP contribution in [0.4, 0.5) is 0 Å². The molecule has 0 radical (unpaired) electrons. The van der Waals surface area contributed by atoms with Gasteiger partial charge in [-0.15, -0.1) is 0 Å². The summed E-state index contributed by atoms with van der Waals surface area (Å²) in [6.45, 7) is 9.06. The Hall–Kier alpha value is -1.41. The van der Waals surface area contributed by atoms with Crippen LogP contribution in [0, 0.1) is 10.8 Å². The normalized spacial score (nSPS) is 23.1. The second kappa shape index (κ2) is 4.54. The van der Waals surface area contributed by atoms with Gasteiger partial charge in [0.1, 0.15) is 0 Å².